The van der Waals surface area contributed by atoms with Crippen LogP contribution in [0.1, 0.15) is 37.5 Å². The highest BCUT2D eigenvalue weighted by Crippen LogP contribution is 2.22. The second kappa shape index (κ2) is 6.75. The maximum absolute atomic E-state index is 11.8. The van der Waals surface area contributed by atoms with E-state index in [-0.39, 0.29) is 17.6 Å². The van der Waals surface area contributed by atoms with E-state index >= 15 is 0 Å². The summed E-state index contributed by atoms with van der Waals surface area (Å²) in [4.78, 5) is 11.8. The van der Waals surface area contributed by atoms with Gasteiger partial charge in [-0.25, -0.2) is 0 Å². The van der Waals surface area contributed by atoms with E-state index < -0.39 is 0 Å². The zero-order valence-electron chi connectivity index (χ0n) is 13.4. The Labute approximate surface area is 131 Å². The van der Waals surface area contributed by atoms with Gasteiger partial charge in [0.1, 0.15) is 0 Å². The van der Waals surface area contributed by atoms with Gasteiger partial charge in [0.15, 0.2) is 0 Å². The van der Waals surface area contributed by atoms with Crippen molar-refractivity contribution in [1.82, 2.24) is 4.57 Å². The van der Waals surface area contributed by atoms with Crippen molar-refractivity contribution in [2.24, 2.45) is 0 Å². The highest BCUT2D eigenvalue weighted by atomic mass is 16.3. The van der Waals surface area contributed by atoms with Crippen molar-refractivity contribution in [3.05, 3.63) is 69.6 Å². The first-order chi connectivity index (χ1) is 10.4. The molecule has 1 aromatic carbocycles. The van der Waals surface area contributed by atoms with Crippen LogP contribution >= 0.6 is 0 Å². The van der Waals surface area contributed by atoms with Crippen molar-refractivity contribution in [3.8, 4) is 0 Å². The molecule has 116 valence electrons. The summed E-state index contributed by atoms with van der Waals surface area (Å²) >= 11 is 0. The molecule has 1 N–H and O–H groups in total. The first kappa shape index (κ1) is 16.2. The highest BCUT2D eigenvalue weighted by Gasteiger charge is 2.12. The lowest BCUT2D eigenvalue weighted by Gasteiger charge is -2.18. The molecule has 0 spiro atoms. The molecule has 0 unspecified atom stereocenters. The molecule has 0 atom stereocenters. The van der Waals surface area contributed by atoms with E-state index in [0.717, 1.165) is 11.1 Å². The van der Waals surface area contributed by atoms with E-state index in [1.807, 2.05) is 18.2 Å². The standard InChI is InChI=1S/C19H23NO2/c1-19(2,3)17-8-6-15(7-9-17)4-5-16-10-11-20(12-13-21)18(22)14-16/h4-11,14,21H,12-13H2,1-3H3/b5-4+. The number of hydrogen-bond donors (Lipinski definition) is 1. The minimum Gasteiger partial charge on any atom is -0.395 e. The summed E-state index contributed by atoms with van der Waals surface area (Å²) in [6.45, 7) is 6.88. The molecule has 22 heavy (non-hydrogen) atoms. The molecule has 0 saturated carbocycles. The van der Waals surface area contributed by atoms with Crippen LogP contribution < -0.4 is 5.56 Å². The Hall–Kier alpha value is -2.13. The van der Waals surface area contributed by atoms with Crippen molar-refractivity contribution in [2.45, 2.75) is 32.7 Å². The molecule has 0 aliphatic heterocycles. The molecule has 1 heterocycles. The van der Waals surface area contributed by atoms with Gasteiger partial charge in [0.2, 0.25) is 0 Å². The molecule has 1 aromatic heterocycles. The largest absolute Gasteiger partial charge is 0.395 e. The van der Waals surface area contributed by atoms with Crippen LogP contribution in [0, 0.1) is 0 Å². The lowest BCUT2D eigenvalue weighted by Crippen LogP contribution is -2.20. The average Bonchev–Trinajstić information content (AvgIpc) is 2.47. The Balaban J connectivity index is 2.15. The molecule has 0 amide bonds. The summed E-state index contributed by atoms with van der Waals surface area (Å²) in [6, 6.07) is 11.9. The van der Waals surface area contributed by atoms with E-state index in [1.54, 1.807) is 12.3 Å². The number of aliphatic hydroxyl groups is 1. The Kier molecular flexibility index (Phi) is 4.99. The number of aromatic nitrogens is 1. The fraction of sp³-hybridized carbons (Fsp3) is 0.316. The van der Waals surface area contributed by atoms with Gasteiger partial charge in [0.25, 0.3) is 5.56 Å². The van der Waals surface area contributed by atoms with Crippen molar-refractivity contribution < 1.29 is 5.11 Å². The molecule has 3 heteroatoms. The highest BCUT2D eigenvalue weighted by molar-refractivity contribution is 5.69. The van der Waals surface area contributed by atoms with Gasteiger partial charge in [0.05, 0.1) is 6.61 Å². The molecule has 0 radical (unpaired) electrons. The number of aliphatic hydroxyl groups excluding tert-OH is 1. The summed E-state index contributed by atoms with van der Waals surface area (Å²) in [5.74, 6) is 0. The van der Waals surface area contributed by atoms with Crippen LogP contribution in [0.3, 0.4) is 0 Å². The topological polar surface area (TPSA) is 42.2 Å². The maximum Gasteiger partial charge on any atom is 0.251 e. The van der Waals surface area contributed by atoms with E-state index in [1.165, 1.54) is 10.1 Å². The zero-order chi connectivity index (χ0) is 16.2. The van der Waals surface area contributed by atoms with E-state index in [4.69, 9.17) is 5.11 Å². The predicted octanol–water partition coefficient (Wildman–Crippen LogP) is 3.31. The summed E-state index contributed by atoms with van der Waals surface area (Å²) in [7, 11) is 0. The SMILES string of the molecule is CC(C)(C)c1ccc(/C=C/c2ccn(CCO)c(=O)c2)cc1. The maximum atomic E-state index is 11.8. The average molecular weight is 297 g/mol. The fourth-order valence-electron chi connectivity index (χ4n) is 2.21. The van der Waals surface area contributed by atoms with Gasteiger partial charge in [-0.1, -0.05) is 57.2 Å². The number of hydrogen-bond acceptors (Lipinski definition) is 2. The van der Waals surface area contributed by atoms with Crippen LogP contribution in [0.2, 0.25) is 0 Å². The molecular weight excluding hydrogens is 274 g/mol. The van der Waals surface area contributed by atoms with Crippen LogP contribution in [0.15, 0.2) is 47.4 Å². The van der Waals surface area contributed by atoms with Crippen molar-refractivity contribution in [3.63, 3.8) is 0 Å². The van der Waals surface area contributed by atoms with Gasteiger partial charge in [-0.2, -0.15) is 0 Å². The van der Waals surface area contributed by atoms with Gasteiger partial charge in [-0.3, -0.25) is 4.79 Å². The van der Waals surface area contributed by atoms with Crippen LogP contribution in [-0.4, -0.2) is 16.3 Å². The molecule has 2 aromatic rings. The second-order valence-corrected chi connectivity index (χ2v) is 6.42. The fourth-order valence-corrected chi connectivity index (χ4v) is 2.21. The first-order valence-electron chi connectivity index (χ1n) is 7.50. The summed E-state index contributed by atoms with van der Waals surface area (Å²) in [5.41, 5.74) is 3.32. The van der Waals surface area contributed by atoms with Crippen molar-refractivity contribution >= 4 is 12.2 Å². The first-order valence-corrected chi connectivity index (χ1v) is 7.50. The van der Waals surface area contributed by atoms with Gasteiger partial charge in [0, 0.05) is 18.8 Å². The Morgan fingerprint density at radius 3 is 2.23 bits per heavy atom. The van der Waals surface area contributed by atoms with Gasteiger partial charge < -0.3 is 9.67 Å². The molecule has 3 nitrogen and oxygen atoms in total. The van der Waals surface area contributed by atoms with Crippen LogP contribution in [-0.2, 0) is 12.0 Å². The zero-order valence-corrected chi connectivity index (χ0v) is 13.4. The predicted molar refractivity (Wildman–Crippen MR) is 91.9 cm³/mol. The van der Waals surface area contributed by atoms with E-state index in [9.17, 15) is 4.79 Å². The number of benzene rings is 1. The molecule has 0 saturated heterocycles. The van der Waals surface area contributed by atoms with Crippen LogP contribution in [0.5, 0.6) is 0 Å². The number of pyridine rings is 1. The molecule has 2 rings (SSSR count). The molecule has 0 aliphatic carbocycles. The molecule has 0 bridgehead atoms. The Morgan fingerprint density at radius 2 is 1.68 bits per heavy atom. The second-order valence-electron chi connectivity index (χ2n) is 6.42. The minimum atomic E-state index is -0.0979. The van der Waals surface area contributed by atoms with Crippen molar-refractivity contribution in [1.29, 1.82) is 0 Å². The number of nitrogens with zero attached hydrogens (tertiary/aromatic N) is 1. The Morgan fingerprint density at radius 1 is 1.05 bits per heavy atom. The third-order valence-corrected chi connectivity index (χ3v) is 3.61. The van der Waals surface area contributed by atoms with E-state index in [2.05, 4.69) is 45.0 Å². The molecule has 0 fully saturated rings. The van der Waals surface area contributed by atoms with Gasteiger partial charge in [-0.15, -0.1) is 0 Å². The van der Waals surface area contributed by atoms with Crippen molar-refractivity contribution in [2.75, 3.05) is 6.61 Å². The molecular formula is C19H23NO2. The monoisotopic (exact) mass is 297 g/mol. The van der Waals surface area contributed by atoms with E-state index in [0.29, 0.717) is 6.54 Å². The summed E-state index contributed by atoms with van der Waals surface area (Å²) < 4.78 is 1.50. The van der Waals surface area contributed by atoms with Gasteiger partial charge >= 0.3 is 0 Å². The quantitative estimate of drug-likeness (QED) is 0.940. The third kappa shape index (κ3) is 4.18. The number of rotatable bonds is 4. The van der Waals surface area contributed by atoms with Crippen LogP contribution in [0.4, 0.5) is 0 Å². The van der Waals surface area contributed by atoms with Crippen LogP contribution in [0.25, 0.3) is 12.2 Å². The smallest absolute Gasteiger partial charge is 0.251 e. The third-order valence-electron chi connectivity index (χ3n) is 3.61. The lowest BCUT2D eigenvalue weighted by atomic mass is 9.87. The minimum absolute atomic E-state index is 0.0325. The van der Waals surface area contributed by atoms with Gasteiger partial charge in [-0.05, 0) is 28.2 Å². The molecule has 0 aliphatic rings. The summed E-state index contributed by atoms with van der Waals surface area (Å²) in [5, 5.41) is 8.87. The summed E-state index contributed by atoms with van der Waals surface area (Å²) in [6.07, 6.45) is 5.63. The normalized spacial score (nSPS) is 12.0. The lowest BCUT2D eigenvalue weighted by molar-refractivity contribution is 0.274. The Bertz CT molecular complexity index is 703.